The van der Waals surface area contributed by atoms with Gasteiger partial charge in [0.15, 0.2) is 0 Å². The Morgan fingerprint density at radius 1 is 1.33 bits per heavy atom. The van der Waals surface area contributed by atoms with Crippen LogP contribution in [0.25, 0.3) is 0 Å². The van der Waals surface area contributed by atoms with E-state index in [0.29, 0.717) is 17.2 Å². The number of ether oxygens (including phenoxy) is 2. The number of carbonyl (C=O) groups excluding carboxylic acids is 2. The molecule has 0 aliphatic carbocycles. The summed E-state index contributed by atoms with van der Waals surface area (Å²) < 4.78 is 10.3. The smallest absolute Gasteiger partial charge is 0.341 e. The van der Waals surface area contributed by atoms with E-state index in [9.17, 15) is 9.59 Å². The van der Waals surface area contributed by atoms with Crippen LogP contribution in [0.4, 0.5) is 5.00 Å². The van der Waals surface area contributed by atoms with E-state index in [0.717, 1.165) is 11.3 Å². The van der Waals surface area contributed by atoms with Crippen LogP contribution in [0.5, 0.6) is 0 Å². The number of thiophene rings is 1. The van der Waals surface area contributed by atoms with Crippen molar-refractivity contribution in [1.82, 2.24) is 0 Å². The highest BCUT2D eigenvalue weighted by Gasteiger charge is 2.24. The molecule has 118 valence electrons. The molecule has 1 rings (SSSR count). The van der Waals surface area contributed by atoms with Crippen molar-refractivity contribution in [3.63, 3.8) is 0 Å². The molecular weight excluding hydrogens is 290 g/mol. The lowest BCUT2D eigenvalue weighted by Gasteiger charge is -2.21. The van der Waals surface area contributed by atoms with Crippen molar-refractivity contribution in [3.05, 3.63) is 16.5 Å². The molecule has 0 bridgehead atoms. The Labute approximate surface area is 129 Å². The monoisotopic (exact) mass is 313 g/mol. The van der Waals surface area contributed by atoms with Crippen LogP contribution in [0.3, 0.4) is 0 Å². The molecule has 0 saturated heterocycles. The van der Waals surface area contributed by atoms with Gasteiger partial charge >= 0.3 is 5.97 Å². The van der Waals surface area contributed by atoms with Crippen LogP contribution in [-0.4, -0.2) is 31.2 Å². The number of rotatable bonds is 7. The van der Waals surface area contributed by atoms with Crippen LogP contribution in [0.1, 0.15) is 49.4 Å². The van der Waals surface area contributed by atoms with E-state index in [2.05, 4.69) is 5.32 Å². The highest BCUT2D eigenvalue weighted by Crippen LogP contribution is 2.30. The third-order valence-electron chi connectivity index (χ3n) is 3.02. The maximum atomic E-state index is 12.1. The fourth-order valence-electron chi connectivity index (χ4n) is 1.70. The van der Waals surface area contributed by atoms with E-state index in [4.69, 9.17) is 9.47 Å². The van der Waals surface area contributed by atoms with E-state index in [1.54, 1.807) is 20.1 Å². The van der Waals surface area contributed by atoms with Crippen molar-refractivity contribution < 1.29 is 19.1 Å². The first-order chi connectivity index (χ1) is 9.82. The van der Waals surface area contributed by atoms with Gasteiger partial charge in [0.1, 0.15) is 5.00 Å². The maximum Gasteiger partial charge on any atom is 0.341 e. The summed E-state index contributed by atoms with van der Waals surface area (Å²) in [6, 6.07) is 1.78. The number of hydrogen-bond donors (Lipinski definition) is 1. The molecule has 0 spiro atoms. The molecule has 1 heterocycles. The van der Waals surface area contributed by atoms with Gasteiger partial charge in [-0.2, -0.15) is 0 Å². The molecule has 0 radical (unpaired) electrons. The van der Waals surface area contributed by atoms with Gasteiger partial charge in [-0.3, -0.25) is 4.79 Å². The van der Waals surface area contributed by atoms with Crippen LogP contribution in [0, 0.1) is 0 Å². The first kappa shape index (κ1) is 17.7. The first-order valence-corrected chi connectivity index (χ1v) is 7.79. The van der Waals surface area contributed by atoms with Crippen molar-refractivity contribution in [2.75, 3.05) is 19.0 Å². The van der Waals surface area contributed by atoms with Gasteiger partial charge < -0.3 is 14.8 Å². The summed E-state index contributed by atoms with van der Waals surface area (Å²) in [7, 11) is 1.57. The Hall–Kier alpha value is -1.40. The Morgan fingerprint density at radius 2 is 2.00 bits per heavy atom. The van der Waals surface area contributed by atoms with Gasteiger partial charge in [0.25, 0.3) is 0 Å². The summed E-state index contributed by atoms with van der Waals surface area (Å²) in [5, 5.41) is 3.34. The molecule has 5 nitrogen and oxygen atoms in total. The van der Waals surface area contributed by atoms with Gasteiger partial charge in [-0.05, 0) is 33.3 Å². The molecule has 1 aromatic heterocycles. The van der Waals surface area contributed by atoms with Crippen LogP contribution in [0.15, 0.2) is 6.07 Å². The molecule has 0 fully saturated rings. The molecule has 1 N–H and O–H groups in total. The Balaban J connectivity index is 2.89. The minimum Gasteiger partial charge on any atom is -0.462 e. The number of anilines is 1. The summed E-state index contributed by atoms with van der Waals surface area (Å²) >= 11 is 1.40. The standard InChI is InChI=1S/C15H23NO4S/c1-6-10-8-11(14(18)20-7-2)13(21-10)16-12(17)9-15(3,4)19-5/h8H,6-7,9H2,1-5H3,(H,16,17). The van der Waals surface area contributed by atoms with Crippen LogP contribution in [0.2, 0.25) is 0 Å². The van der Waals surface area contributed by atoms with Crippen molar-refractivity contribution >= 4 is 28.2 Å². The molecule has 0 aromatic carbocycles. The zero-order valence-corrected chi connectivity index (χ0v) is 14.1. The molecule has 0 saturated carbocycles. The van der Waals surface area contributed by atoms with Crippen molar-refractivity contribution in [3.8, 4) is 0 Å². The number of hydrogen-bond acceptors (Lipinski definition) is 5. The largest absolute Gasteiger partial charge is 0.462 e. The fourth-order valence-corrected chi connectivity index (χ4v) is 2.70. The molecule has 0 aliphatic heterocycles. The van der Waals surface area contributed by atoms with Gasteiger partial charge in [0, 0.05) is 12.0 Å². The molecule has 0 aliphatic rings. The molecule has 0 unspecified atom stereocenters. The number of nitrogens with one attached hydrogen (secondary N) is 1. The normalized spacial score (nSPS) is 11.3. The zero-order valence-electron chi connectivity index (χ0n) is 13.2. The molecule has 1 amide bonds. The van der Waals surface area contributed by atoms with Gasteiger partial charge in [0.2, 0.25) is 5.91 Å². The third-order valence-corrected chi connectivity index (χ3v) is 4.21. The lowest BCUT2D eigenvalue weighted by atomic mass is 10.1. The molecule has 6 heteroatoms. The molecule has 1 aromatic rings. The zero-order chi connectivity index (χ0) is 16.0. The lowest BCUT2D eigenvalue weighted by molar-refractivity contribution is -0.121. The number of aryl methyl sites for hydroxylation is 1. The second kappa shape index (κ2) is 7.56. The number of methoxy groups -OCH3 is 1. The fraction of sp³-hybridized carbons (Fsp3) is 0.600. The van der Waals surface area contributed by atoms with E-state index in [-0.39, 0.29) is 12.3 Å². The van der Waals surface area contributed by atoms with Crippen LogP contribution >= 0.6 is 11.3 Å². The Kier molecular flexibility index (Phi) is 6.36. The van der Waals surface area contributed by atoms with E-state index < -0.39 is 11.6 Å². The van der Waals surface area contributed by atoms with Gasteiger partial charge in [-0.25, -0.2) is 4.79 Å². The minimum absolute atomic E-state index is 0.183. The van der Waals surface area contributed by atoms with Crippen LogP contribution < -0.4 is 5.32 Å². The van der Waals surface area contributed by atoms with Crippen molar-refractivity contribution in [2.45, 2.75) is 46.1 Å². The average Bonchev–Trinajstić information content (AvgIpc) is 2.81. The number of amides is 1. The van der Waals surface area contributed by atoms with Gasteiger partial charge in [-0.1, -0.05) is 6.92 Å². The Bertz CT molecular complexity index is 508. The molecular formula is C15H23NO4S. The van der Waals surface area contributed by atoms with E-state index in [1.165, 1.54) is 11.3 Å². The summed E-state index contributed by atoms with van der Waals surface area (Å²) in [4.78, 5) is 25.0. The molecule has 21 heavy (non-hydrogen) atoms. The minimum atomic E-state index is -0.543. The predicted octanol–water partition coefficient (Wildman–Crippen LogP) is 3.24. The maximum absolute atomic E-state index is 12.1. The predicted molar refractivity (Wildman–Crippen MR) is 84.0 cm³/mol. The average molecular weight is 313 g/mol. The topological polar surface area (TPSA) is 64.6 Å². The van der Waals surface area contributed by atoms with E-state index in [1.807, 2.05) is 20.8 Å². The van der Waals surface area contributed by atoms with Crippen molar-refractivity contribution in [2.24, 2.45) is 0 Å². The van der Waals surface area contributed by atoms with Gasteiger partial charge in [-0.15, -0.1) is 11.3 Å². The Morgan fingerprint density at radius 3 is 2.52 bits per heavy atom. The quantitative estimate of drug-likeness (QED) is 0.785. The second-order valence-corrected chi connectivity index (χ2v) is 6.36. The summed E-state index contributed by atoms with van der Waals surface area (Å²) in [5.41, 5.74) is -0.124. The highest BCUT2D eigenvalue weighted by molar-refractivity contribution is 7.16. The highest BCUT2D eigenvalue weighted by atomic mass is 32.1. The number of esters is 1. The second-order valence-electron chi connectivity index (χ2n) is 5.22. The third kappa shape index (κ3) is 5.13. The first-order valence-electron chi connectivity index (χ1n) is 6.97. The van der Waals surface area contributed by atoms with Gasteiger partial charge in [0.05, 0.1) is 24.2 Å². The molecule has 0 atom stereocenters. The summed E-state index contributed by atoms with van der Waals surface area (Å²) in [6.45, 7) is 7.74. The SMILES string of the molecule is CCOC(=O)c1cc(CC)sc1NC(=O)CC(C)(C)OC. The summed E-state index contributed by atoms with van der Waals surface area (Å²) in [5.74, 6) is -0.591. The number of carbonyl (C=O) groups is 2. The summed E-state index contributed by atoms with van der Waals surface area (Å²) in [6.07, 6.45) is 1.02. The van der Waals surface area contributed by atoms with Crippen LogP contribution in [-0.2, 0) is 20.7 Å². The van der Waals surface area contributed by atoms with E-state index >= 15 is 0 Å². The lowest BCUT2D eigenvalue weighted by Crippen LogP contribution is -2.29. The van der Waals surface area contributed by atoms with Crippen molar-refractivity contribution in [1.29, 1.82) is 0 Å².